The second kappa shape index (κ2) is 11.3. The van der Waals surface area contributed by atoms with Crippen molar-refractivity contribution in [3.8, 4) is 5.75 Å². The van der Waals surface area contributed by atoms with Crippen molar-refractivity contribution in [2.24, 2.45) is 0 Å². The summed E-state index contributed by atoms with van der Waals surface area (Å²) >= 11 is 0. The highest BCUT2D eigenvalue weighted by atomic mass is 16.5. The van der Waals surface area contributed by atoms with Gasteiger partial charge in [0.1, 0.15) is 5.75 Å². The van der Waals surface area contributed by atoms with Crippen LogP contribution < -0.4 is 4.74 Å². The third-order valence-corrected chi connectivity index (χ3v) is 3.48. The highest BCUT2D eigenvalue weighted by molar-refractivity contribution is 5.74. The quantitative estimate of drug-likeness (QED) is 0.346. The minimum absolute atomic E-state index is 0.158. The number of benzene rings is 1. The number of ether oxygens (including phenoxy) is 1. The summed E-state index contributed by atoms with van der Waals surface area (Å²) in [7, 11) is 0. The minimum Gasteiger partial charge on any atom is -0.426 e. The predicted octanol–water partition coefficient (Wildman–Crippen LogP) is 4.27. The molecule has 0 saturated carbocycles. The van der Waals surface area contributed by atoms with E-state index < -0.39 is 0 Å². The van der Waals surface area contributed by atoms with Gasteiger partial charge in [0.25, 0.3) is 0 Å². The summed E-state index contributed by atoms with van der Waals surface area (Å²) in [6.45, 7) is 6.77. The first-order chi connectivity index (χ1) is 10.3. The van der Waals surface area contributed by atoms with Gasteiger partial charge in [-0.25, -0.2) is 0 Å². The topological polar surface area (TPSA) is 29.5 Å². The standard InChI is InChI=1S/C18H29NO2/c1-3-5-10-14-19(15-11-6-4-2)16-18(20)21-17-12-8-7-9-13-17/h7-9,12-13H,3-6,10-11,14-16H2,1-2H3. The van der Waals surface area contributed by atoms with Gasteiger partial charge in [-0.3, -0.25) is 9.69 Å². The van der Waals surface area contributed by atoms with Crippen molar-refractivity contribution in [2.45, 2.75) is 52.4 Å². The molecule has 0 atom stereocenters. The number of hydrogen-bond acceptors (Lipinski definition) is 3. The molecule has 0 aromatic heterocycles. The van der Waals surface area contributed by atoms with Crippen LogP contribution in [0.15, 0.2) is 30.3 Å². The van der Waals surface area contributed by atoms with Gasteiger partial charge in [-0.2, -0.15) is 0 Å². The molecule has 0 aliphatic carbocycles. The molecule has 21 heavy (non-hydrogen) atoms. The molecule has 0 fully saturated rings. The number of carbonyl (C=O) groups is 1. The fraction of sp³-hybridized carbons (Fsp3) is 0.611. The molecule has 0 saturated heterocycles. The molecule has 3 heteroatoms. The first kappa shape index (κ1) is 17.7. The monoisotopic (exact) mass is 291 g/mol. The molecule has 1 rings (SSSR count). The maximum atomic E-state index is 12.0. The molecule has 0 amide bonds. The molecule has 0 aliphatic heterocycles. The van der Waals surface area contributed by atoms with Gasteiger partial charge < -0.3 is 4.74 Å². The number of esters is 1. The Kier molecular flexibility index (Phi) is 9.55. The van der Waals surface area contributed by atoms with E-state index in [1.54, 1.807) is 0 Å². The van der Waals surface area contributed by atoms with E-state index in [2.05, 4.69) is 18.7 Å². The van der Waals surface area contributed by atoms with Crippen LogP contribution in [0, 0.1) is 0 Å². The Morgan fingerprint density at radius 1 is 0.952 bits per heavy atom. The summed E-state index contributed by atoms with van der Waals surface area (Å²) in [5, 5.41) is 0. The van der Waals surface area contributed by atoms with Crippen molar-refractivity contribution in [3.05, 3.63) is 30.3 Å². The van der Waals surface area contributed by atoms with Gasteiger partial charge in [-0.1, -0.05) is 57.7 Å². The normalized spacial score (nSPS) is 10.8. The number of carbonyl (C=O) groups excluding carboxylic acids is 1. The second-order valence-corrected chi connectivity index (χ2v) is 5.48. The fourth-order valence-corrected chi connectivity index (χ4v) is 2.28. The minimum atomic E-state index is -0.158. The Bertz CT molecular complexity index is 368. The van der Waals surface area contributed by atoms with E-state index in [1.165, 1.54) is 25.7 Å². The summed E-state index contributed by atoms with van der Waals surface area (Å²) in [5.41, 5.74) is 0. The highest BCUT2D eigenvalue weighted by Crippen LogP contribution is 2.09. The van der Waals surface area contributed by atoms with Crippen molar-refractivity contribution < 1.29 is 9.53 Å². The Hall–Kier alpha value is -1.35. The lowest BCUT2D eigenvalue weighted by atomic mass is 10.2. The number of rotatable bonds is 11. The first-order valence-corrected chi connectivity index (χ1v) is 8.24. The van der Waals surface area contributed by atoms with Crippen molar-refractivity contribution in [1.29, 1.82) is 0 Å². The summed E-state index contributed by atoms with van der Waals surface area (Å²) in [6, 6.07) is 9.30. The predicted molar refractivity (Wildman–Crippen MR) is 87.6 cm³/mol. The van der Waals surface area contributed by atoms with Crippen molar-refractivity contribution in [3.63, 3.8) is 0 Å². The maximum Gasteiger partial charge on any atom is 0.325 e. The van der Waals surface area contributed by atoms with E-state index in [9.17, 15) is 4.79 Å². The third-order valence-electron chi connectivity index (χ3n) is 3.48. The molecule has 1 aromatic rings. The van der Waals surface area contributed by atoms with Gasteiger partial charge >= 0.3 is 5.97 Å². The highest BCUT2D eigenvalue weighted by Gasteiger charge is 2.12. The molecule has 0 aliphatic rings. The van der Waals surface area contributed by atoms with Crippen LogP contribution in [0.1, 0.15) is 52.4 Å². The van der Waals surface area contributed by atoms with Crippen molar-refractivity contribution >= 4 is 5.97 Å². The van der Waals surface area contributed by atoms with Crippen LogP contribution in [0.2, 0.25) is 0 Å². The molecular formula is C18H29NO2. The summed E-state index contributed by atoms with van der Waals surface area (Å²) < 4.78 is 5.38. The largest absolute Gasteiger partial charge is 0.426 e. The molecular weight excluding hydrogens is 262 g/mol. The average molecular weight is 291 g/mol. The smallest absolute Gasteiger partial charge is 0.325 e. The lowest BCUT2D eigenvalue weighted by Gasteiger charge is -2.21. The SMILES string of the molecule is CCCCCN(CCCCC)CC(=O)Oc1ccccc1. The Morgan fingerprint density at radius 2 is 1.52 bits per heavy atom. The van der Waals surface area contributed by atoms with Gasteiger partial charge in [-0.15, -0.1) is 0 Å². The first-order valence-electron chi connectivity index (χ1n) is 8.24. The number of nitrogens with zero attached hydrogens (tertiary/aromatic N) is 1. The zero-order chi connectivity index (χ0) is 15.3. The third kappa shape index (κ3) is 8.51. The van der Waals surface area contributed by atoms with Crippen LogP contribution in [-0.4, -0.2) is 30.5 Å². The zero-order valence-electron chi connectivity index (χ0n) is 13.5. The molecule has 0 spiro atoms. The Morgan fingerprint density at radius 3 is 2.05 bits per heavy atom. The second-order valence-electron chi connectivity index (χ2n) is 5.48. The van der Waals surface area contributed by atoms with E-state index in [1.807, 2.05) is 30.3 Å². The fourth-order valence-electron chi connectivity index (χ4n) is 2.28. The molecule has 3 nitrogen and oxygen atoms in total. The zero-order valence-corrected chi connectivity index (χ0v) is 13.5. The Labute approximate surface area is 129 Å². The van der Waals surface area contributed by atoms with E-state index in [4.69, 9.17) is 4.74 Å². The van der Waals surface area contributed by atoms with Crippen molar-refractivity contribution in [1.82, 2.24) is 4.90 Å². The lowest BCUT2D eigenvalue weighted by molar-refractivity contribution is -0.135. The van der Waals surface area contributed by atoms with E-state index in [0.717, 1.165) is 25.9 Å². The van der Waals surface area contributed by atoms with Gasteiger partial charge in [0, 0.05) is 0 Å². The van der Waals surface area contributed by atoms with Gasteiger partial charge in [-0.05, 0) is 38.1 Å². The molecule has 0 radical (unpaired) electrons. The summed E-state index contributed by atoms with van der Waals surface area (Å²) in [6.07, 6.45) is 7.16. The average Bonchev–Trinajstić information content (AvgIpc) is 2.48. The van der Waals surface area contributed by atoms with E-state index in [0.29, 0.717) is 12.3 Å². The number of hydrogen-bond donors (Lipinski definition) is 0. The van der Waals surface area contributed by atoms with Crippen LogP contribution in [-0.2, 0) is 4.79 Å². The van der Waals surface area contributed by atoms with Crippen LogP contribution >= 0.6 is 0 Å². The molecule has 118 valence electrons. The van der Waals surface area contributed by atoms with Gasteiger partial charge in [0.15, 0.2) is 0 Å². The van der Waals surface area contributed by atoms with Crippen LogP contribution in [0.4, 0.5) is 0 Å². The lowest BCUT2D eigenvalue weighted by Crippen LogP contribution is -2.34. The molecule has 0 unspecified atom stereocenters. The van der Waals surface area contributed by atoms with Gasteiger partial charge in [0.2, 0.25) is 0 Å². The van der Waals surface area contributed by atoms with Crippen LogP contribution in [0.25, 0.3) is 0 Å². The molecule has 0 heterocycles. The maximum absolute atomic E-state index is 12.0. The van der Waals surface area contributed by atoms with Crippen LogP contribution in [0.5, 0.6) is 5.75 Å². The van der Waals surface area contributed by atoms with Crippen LogP contribution in [0.3, 0.4) is 0 Å². The van der Waals surface area contributed by atoms with Gasteiger partial charge in [0.05, 0.1) is 6.54 Å². The Balaban J connectivity index is 2.39. The number of para-hydroxylation sites is 1. The summed E-state index contributed by atoms with van der Waals surface area (Å²) in [4.78, 5) is 14.3. The number of unbranched alkanes of at least 4 members (excludes halogenated alkanes) is 4. The van der Waals surface area contributed by atoms with E-state index in [-0.39, 0.29) is 5.97 Å². The van der Waals surface area contributed by atoms with Crippen molar-refractivity contribution in [2.75, 3.05) is 19.6 Å². The molecule has 0 N–H and O–H groups in total. The molecule has 0 bridgehead atoms. The summed E-state index contributed by atoms with van der Waals surface area (Å²) in [5.74, 6) is 0.471. The van der Waals surface area contributed by atoms with E-state index >= 15 is 0 Å². The molecule has 1 aromatic carbocycles.